The first-order valence-corrected chi connectivity index (χ1v) is 10.9. The number of para-hydroxylation sites is 1. The SMILES string of the molecule is COc1cccc(OC)c1OCCCNCc1cc(C(C)(C)C)c(O)c(C(C)(C)C)c1. The molecular weight excluding hydrogens is 390 g/mol. The van der Waals surface area contributed by atoms with Crippen molar-refractivity contribution in [2.45, 2.75) is 65.3 Å². The van der Waals surface area contributed by atoms with Crippen LogP contribution in [0.5, 0.6) is 23.0 Å². The fraction of sp³-hybridized carbons (Fsp3) is 0.538. The molecule has 31 heavy (non-hydrogen) atoms. The second kappa shape index (κ2) is 10.3. The highest BCUT2D eigenvalue weighted by Gasteiger charge is 2.26. The van der Waals surface area contributed by atoms with E-state index < -0.39 is 0 Å². The van der Waals surface area contributed by atoms with Gasteiger partial charge in [-0.3, -0.25) is 0 Å². The molecule has 2 rings (SSSR count). The third-order valence-corrected chi connectivity index (χ3v) is 5.24. The van der Waals surface area contributed by atoms with Crippen LogP contribution >= 0.6 is 0 Å². The Balaban J connectivity index is 1.98. The van der Waals surface area contributed by atoms with Gasteiger partial charge in [-0.1, -0.05) is 59.7 Å². The summed E-state index contributed by atoms with van der Waals surface area (Å²) in [7, 11) is 3.25. The zero-order chi connectivity index (χ0) is 23.2. The minimum atomic E-state index is -0.123. The van der Waals surface area contributed by atoms with E-state index in [0.717, 1.165) is 30.6 Å². The summed E-state index contributed by atoms with van der Waals surface area (Å²) in [4.78, 5) is 0. The molecular formula is C26H39NO4. The predicted molar refractivity (Wildman–Crippen MR) is 127 cm³/mol. The lowest BCUT2D eigenvalue weighted by Gasteiger charge is -2.28. The Morgan fingerprint density at radius 2 is 1.39 bits per heavy atom. The lowest BCUT2D eigenvalue weighted by Crippen LogP contribution is -2.21. The van der Waals surface area contributed by atoms with Crippen LogP contribution in [0.15, 0.2) is 30.3 Å². The zero-order valence-electron chi connectivity index (χ0n) is 20.4. The van der Waals surface area contributed by atoms with Gasteiger partial charge in [0.1, 0.15) is 5.75 Å². The van der Waals surface area contributed by atoms with Crippen LogP contribution in [-0.4, -0.2) is 32.5 Å². The van der Waals surface area contributed by atoms with Crippen molar-refractivity contribution in [3.05, 3.63) is 47.0 Å². The van der Waals surface area contributed by atoms with Crippen molar-refractivity contribution in [2.24, 2.45) is 0 Å². The Morgan fingerprint density at radius 1 is 0.871 bits per heavy atom. The average Bonchev–Trinajstić information content (AvgIpc) is 2.69. The molecule has 0 aliphatic heterocycles. The maximum atomic E-state index is 10.9. The maximum Gasteiger partial charge on any atom is 0.203 e. The van der Waals surface area contributed by atoms with Gasteiger partial charge >= 0.3 is 0 Å². The Morgan fingerprint density at radius 3 is 1.84 bits per heavy atom. The largest absolute Gasteiger partial charge is 0.507 e. The molecule has 0 saturated carbocycles. The third kappa shape index (κ3) is 6.54. The van der Waals surface area contributed by atoms with E-state index in [1.165, 1.54) is 5.56 Å². The second-order valence-electron chi connectivity index (χ2n) is 9.91. The highest BCUT2D eigenvalue weighted by molar-refractivity contribution is 5.51. The van der Waals surface area contributed by atoms with E-state index in [1.807, 2.05) is 18.2 Å². The van der Waals surface area contributed by atoms with Crippen LogP contribution in [0.3, 0.4) is 0 Å². The number of benzene rings is 2. The molecule has 0 saturated heterocycles. The summed E-state index contributed by atoms with van der Waals surface area (Å²) in [6.45, 7) is 14.9. The smallest absolute Gasteiger partial charge is 0.203 e. The predicted octanol–water partition coefficient (Wildman–Crippen LogP) is 5.56. The van der Waals surface area contributed by atoms with Crippen molar-refractivity contribution >= 4 is 0 Å². The molecule has 0 aromatic heterocycles. The van der Waals surface area contributed by atoms with Crippen LogP contribution in [0.4, 0.5) is 0 Å². The van der Waals surface area contributed by atoms with Gasteiger partial charge in [-0.05, 0) is 52.6 Å². The number of hydrogen-bond donors (Lipinski definition) is 2. The first-order chi connectivity index (χ1) is 14.5. The summed E-state index contributed by atoms with van der Waals surface area (Å²) in [5.41, 5.74) is 2.91. The fourth-order valence-electron chi connectivity index (χ4n) is 3.50. The van der Waals surface area contributed by atoms with Crippen molar-refractivity contribution in [1.29, 1.82) is 0 Å². The Bertz CT molecular complexity index is 805. The van der Waals surface area contributed by atoms with Crippen LogP contribution in [0, 0.1) is 0 Å². The number of hydrogen-bond acceptors (Lipinski definition) is 5. The fourth-order valence-corrected chi connectivity index (χ4v) is 3.50. The molecule has 5 heteroatoms. The quantitative estimate of drug-likeness (QED) is 0.511. The van der Waals surface area contributed by atoms with Crippen molar-refractivity contribution in [2.75, 3.05) is 27.4 Å². The van der Waals surface area contributed by atoms with Gasteiger partial charge in [-0.15, -0.1) is 0 Å². The monoisotopic (exact) mass is 429 g/mol. The summed E-state index contributed by atoms with van der Waals surface area (Å²) in [5, 5.41) is 14.4. The molecule has 0 bridgehead atoms. The van der Waals surface area contributed by atoms with E-state index in [4.69, 9.17) is 14.2 Å². The third-order valence-electron chi connectivity index (χ3n) is 5.24. The molecule has 0 amide bonds. The lowest BCUT2D eigenvalue weighted by molar-refractivity contribution is 0.269. The van der Waals surface area contributed by atoms with E-state index >= 15 is 0 Å². The van der Waals surface area contributed by atoms with Gasteiger partial charge in [-0.25, -0.2) is 0 Å². The van der Waals surface area contributed by atoms with Gasteiger partial charge in [-0.2, -0.15) is 0 Å². The molecule has 5 nitrogen and oxygen atoms in total. The molecule has 0 aliphatic carbocycles. The van der Waals surface area contributed by atoms with Crippen molar-refractivity contribution in [3.63, 3.8) is 0 Å². The highest BCUT2D eigenvalue weighted by atomic mass is 16.5. The number of phenols is 1. The van der Waals surface area contributed by atoms with Crippen molar-refractivity contribution in [1.82, 2.24) is 5.32 Å². The topological polar surface area (TPSA) is 60.0 Å². The summed E-state index contributed by atoms with van der Waals surface area (Å²) in [6, 6.07) is 9.84. The Hall–Kier alpha value is -2.40. The summed E-state index contributed by atoms with van der Waals surface area (Å²) in [5.74, 6) is 2.39. The van der Waals surface area contributed by atoms with Crippen molar-refractivity contribution < 1.29 is 19.3 Å². The summed E-state index contributed by atoms with van der Waals surface area (Å²) >= 11 is 0. The molecule has 0 aliphatic rings. The highest BCUT2D eigenvalue weighted by Crippen LogP contribution is 2.40. The number of nitrogens with one attached hydrogen (secondary N) is 1. The first kappa shape index (κ1) is 24.9. The standard InChI is InChI=1S/C26H39NO4/c1-25(2,3)19-15-18(16-20(23(19)28)26(4,5)6)17-27-13-10-14-31-24-21(29-7)11-9-12-22(24)30-8/h9,11-12,15-16,27-28H,10,13-14,17H2,1-8H3. The molecule has 172 valence electrons. The molecule has 0 spiro atoms. The van der Waals surface area contributed by atoms with Gasteiger partial charge < -0.3 is 24.6 Å². The van der Waals surface area contributed by atoms with Gasteiger partial charge in [0.05, 0.1) is 20.8 Å². The van der Waals surface area contributed by atoms with E-state index in [-0.39, 0.29) is 10.8 Å². The molecule has 0 heterocycles. The normalized spacial score (nSPS) is 12.0. The summed E-state index contributed by atoms with van der Waals surface area (Å²) < 4.78 is 16.7. The molecule has 0 fully saturated rings. The molecule has 2 N–H and O–H groups in total. The molecule has 2 aromatic carbocycles. The van der Waals surface area contributed by atoms with Crippen molar-refractivity contribution in [3.8, 4) is 23.0 Å². The minimum Gasteiger partial charge on any atom is -0.507 e. The van der Waals surface area contributed by atoms with E-state index in [2.05, 4.69) is 59.0 Å². The first-order valence-electron chi connectivity index (χ1n) is 10.9. The van der Waals surface area contributed by atoms with Gasteiger partial charge in [0, 0.05) is 6.54 Å². The summed E-state index contributed by atoms with van der Waals surface area (Å²) in [6.07, 6.45) is 0.845. The number of methoxy groups -OCH3 is 2. The number of phenolic OH excluding ortho intramolecular Hbond substituents is 1. The van der Waals surface area contributed by atoms with Gasteiger partial charge in [0.15, 0.2) is 11.5 Å². The Kier molecular flexibility index (Phi) is 8.24. The van der Waals surface area contributed by atoms with Crippen LogP contribution in [0.25, 0.3) is 0 Å². The average molecular weight is 430 g/mol. The van der Waals surface area contributed by atoms with Gasteiger partial charge in [0.25, 0.3) is 0 Å². The molecule has 0 radical (unpaired) electrons. The molecule has 0 atom stereocenters. The number of aromatic hydroxyl groups is 1. The molecule has 0 unspecified atom stereocenters. The van der Waals surface area contributed by atoms with E-state index in [9.17, 15) is 5.11 Å². The minimum absolute atomic E-state index is 0.123. The Labute approximate surface area is 187 Å². The van der Waals surface area contributed by atoms with E-state index in [1.54, 1.807) is 14.2 Å². The zero-order valence-corrected chi connectivity index (χ0v) is 20.4. The number of ether oxygens (including phenoxy) is 3. The van der Waals surface area contributed by atoms with Crippen LogP contribution in [0.1, 0.15) is 64.7 Å². The second-order valence-corrected chi connectivity index (χ2v) is 9.91. The van der Waals surface area contributed by atoms with E-state index in [0.29, 0.717) is 29.6 Å². The van der Waals surface area contributed by atoms with Crippen LogP contribution < -0.4 is 19.5 Å². The number of rotatable bonds is 9. The van der Waals surface area contributed by atoms with Gasteiger partial charge in [0.2, 0.25) is 5.75 Å². The van der Waals surface area contributed by atoms with Crippen LogP contribution in [0.2, 0.25) is 0 Å². The van der Waals surface area contributed by atoms with Crippen LogP contribution in [-0.2, 0) is 17.4 Å². The molecule has 2 aromatic rings. The maximum absolute atomic E-state index is 10.9. The lowest BCUT2D eigenvalue weighted by atomic mass is 9.78.